The van der Waals surface area contributed by atoms with Crippen LogP contribution in [0.4, 0.5) is 0 Å². The van der Waals surface area contributed by atoms with Crippen molar-refractivity contribution in [3.05, 3.63) is 0 Å². The molecule has 0 bridgehead atoms. The SMILES string of the molecule is COC(OC)C(C)NCC(C)(C)NS(C)(=O)=O. The monoisotopic (exact) mass is 268 g/mol. The number of methoxy groups -OCH3 is 2. The Morgan fingerprint density at radius 2 is 1.71 bits per heavy atom. The van der Waals surface area contributed by atoms with E-state index in [1.807, 2.05) is 20.8 Å². The van der Waals surface area contributed by atoms with Crippen molar-refractivity contribution in [2.75, 3.05) is 27.0 Å². The van der Waals surface area contributed by atoms with Gasteiger partial charge < -0.3 is 14.8 Å². The molecule has 1 atom stereocenters. The number of ether oxygens (including phenoxy) is 2. The van der Waals surface area contributed by atoms with E-state index >= 15 is 0 Å². The van der Waals surface area contributed by atoms with E-state index in [1.54, 1.807) is 14.2 Å². The fourth-order valence-corrected chi connectivity index (χ4v) is 2.63. The van der Waals surface area contributed by atoms with Gasteiger partial charge >= 0.3 is 0 Å². The molecule has 6 nitrogen and oxygen atoms in total. The highest BCUT2D eigenvalue weighted by Crippen LogP contribution is 2.05. The first-order chi connectivity index (χ1) is 7.61. The van der Waals surface area contributed by atoms with Crippen molar-refractivity contribution in [2.45, 2.75) is 38.6 Å². The fourth-order valence-electron chi connectivity index (χ4n) is 1.55. The van der Waals surface area contributed by atoms with E-state index < -0.39 is 15.6 Å². The molecule has 0 saturated heterocycles. The zero-order valence-electron chi connectivity index (χ0n) is 11.4. The summed E-state index contributed by atoms with van der Waals surface area (Å²) in [6, 6.07) is -0.0364. The Morgan fingerprint density at radius 3 is 2.06 bits per heavy atom. The van der Waals surface area contributed by atoms with Gasteiger partial charge in [0.25, 0.3) is 0 Å². The summed E-state index contributed by atoms with van der Waals surface area (Å²) < 4.78 is 35.1. The van der Waals surface area contributed by atoms with Crippen LogP contribution in [0.5, 0.6) is 0 Å². The van der Waals surface area contributed by atoms with E-state index in [9.17, 15) is 8.42 Å². The summed E-state index contributed by atoms with van der Waals surface area (Å²) in [6.45, 7) is 6.00. The zero-order valence-corrected chi connectivity index (χ0v) is 12.2. The molecule has 0 spiro atoms. The molecule has 0 amide bonds. The standard InChI is InChI=1S/C10H24N2O4S/c1-8(9(15-4)16-5)11-7-10(2,3)12-17(6,13)14/h8-9,11-12H,7H2,1-6H3. The van der Waals surface area contributed by atoms with E-state index in [4.69, 9.17) is 9.47 Å². The predicted octanol–water partition coefficient (Wildman–Crippen LogP) is -0.0888. The number of hydrogen-bond acceptors (Lipinski definition) is 5. The smallest absolute Gasteiger partial charge is 0.209 e. The molecule has 0 aliphatic rings. The lowest BCUT2D eigenvalue weighted by Gasteiger charge is -2.29. The van der Waals surface area contributed by atoms with Crippen molar-refractivity contribution >= 4 is 10.0 Å². The van der Waals surface area contributed by atoms with Crippen LogP contribution >= 0.6 is 0 Å². The molecule has 0 aliphatic heterocycles. The second kappa shape index (κ2) is 6.65. The largest absolute Gasteiger partial charge is 0.354 e. The molecular weight excluding hydrogens is 244 g/mol. The van der Waals surface area contributed by atoms with Crippen LogP contribution in [0, 0.1) is 0 Å². The topological polar surface area (TPSA) is 76.7 Å². The van der Waals surface area contributed by atoms with Crippen molar-refractivity contribution in [2.24, 2.45) is 0 Å². The average Bonchev–Trinajstić information content (AvgIpc) is 2.13. The summed E-state index contributed by atoms with van der Waals surface area (Å²) in [5.41, 5.74) is -0.562. The summed E-state index contributed by atoms with van der Waals surface area (Å²) in [4.78, 5) is 0. The average molecular weight is 268 g/mol. The Balaban J connectivity index is 4.26. The molecule has 0 radical (unpaired) electrons. The van der Waals surface area contributed by atoms with Crippen LogP contribution in [0.3, 0.4) is 0 Å². The van der Waals surface area contributed by atoms with E-state index in [0.717, 1.165) is 6.26 Å². The molecule has 7 heteroatoms. The number of rotatable bonds is 8. The molecule has 104 valence electrons. The van der Waals surface area contributed by atoms with E-state index in [2.05, 4.69) is 10.0 Å². The number of hydrogen-bond donors (Lipinski definition) is 2. The van der Waals surface area contributed by atoms with Gasteiger partial charge in [0.05, 0.1) is 12.3 Å². The number of nitrogens with one attached hydrogen (secondary N) is 2. The van der Waals surface area contributed by atoms with Crippen molar-refractivity contribution in [3.8, 4) is 0 Å². The van der Waals surface area contributed by atoms with Gasteiger partial charge in [0, 0.05) is 26.3 Å². The highest BCUT2D eigenvalue weighted by atomic mass is 32.2. The van der Waals surface area contributed by atoms with Gasteiger partial charge in [0.1, 0.15) is 0 Å². The zero-order chi connectivity index (χ0) is 13.7. The Labute approximate surface area is 104 Å². The maximum atomic E-state index is 11.1. The van der Waals surface area contributed by atoms with Gasteiger partial charge in [-0.15, -0.1) is 0 Å². The highest BCUT2D eigenvalue weighted by molar-refractivity contribution is 7.88. The van der Waals surface area contributed by atoms with Crippen LogP contribution in [0.2, 0.25) is 0 Å². The van der Waals surface area contributed by atoms with Crippen molar-refractivity contribution in [1.29, 1.82) is 0 Å². The van der Waals surface area contributed by atoms with Gasteiger partial charge in [0.15, 0.2) is 6.29 Å². The van der Waals surface area contributed by atoms with Crippen LogP contribution in [-0.2, 0) is 19.5 Å². The normalized spacial score (nSPS) is 15.2. The quantitative estimate of drug-likeness (QED) is 0.602. The van der Waals surface area contributed by atoms with Crippen LogP contribution in [0.15, 0.2) is 0 Å². The first-order valence-electron chi connectivity index (χ1n) is 5.39. The molecule has 2 N–H and O–H groups in total. The van der Waals surface area contributed by atoms with Gasteiger partial charge in [-0.1, -0.05) is 0 Å². The van der Waals surface area contributed by atoms with E-state index in [1.165, 1.54) is 0 Å². The molecule has 0 aromatic heterocycles. The molecule has 0 heterocycles. The molecule has 0 aromatic rings. The molecule has 0 rings (SSSR count). The molecule has 0 fully saturated rings. The van der Waals surface area contributed by atoms with Crippen molar-refractivity contribution in [3.63, 3.8) is 0 Å². The summed E-state index contributed by atoms with van der Waals surface area (Å²) >= 11 is 0. The minimum absolute atomic E-state index is 0.0364. The molecule has 1 unspecified atom stereocenters. The second-order valence-corrected chi connectivity index (χ2v) is 6.52. The number of sulfonamides is 1. The van der Waals surface area contributed by atoms with Gasteiger partial charge in [-0.05, 0) is 20.8 Å². The Morgan fingerprint density at radius 1 is 1.24 bits per heavy atom. The lowest BCUT2D eigenvalue weighted by atomic mass is 10.1. The molecule has 0 saturated carbocycles. The van der Waals surface area contributed by atoms with Gasteiger partial charge in [-0.2, -0.15) is 0 Å². The summed E-state index contributed by atoms with van der Waals surface area (Å²) in [6.07, 6.45) is 0.787. The van der Waals surface area contributed by atoms with Crippen LogP contribution < -0.4 is 10.0 Å². The summed E-state index contributed by atoms with van der Waals surface area (Å²) in [7, 11) is -0.0901. The molecule has 0 aliphatic carbocycles. The third-order valence-electron chi connectivity index (χ3n) is 2.20. The highest BCUT2D eigenvalue weighted by Gasteiger charge is 2.24. The lowest BCUT2D eigenvalue weighted by Crippen LogP contribution is -2.53. The van der Waals surface area contributed by atoms with Gasteiger partial charge in [0.2, 0.25) is 10.0 Å². The Hall–Kier alpha value is -0.210. The molecule has 0 aromatic carbocycles. The predicted molar refractivity (Wildman–Crippen MR) is 67.3 cm³/mol. The van der Waals surface area contributed by atoms with Crippen molar-refractivity contribution in [1.82, 2.24) is 10.0 Å². The minimum atomic E-state index is -3.21. The summed E-state index contributed by atoms with van der Waals surface area (Å²) in [5.74, 6) is 0. The van der Waals surface area contributed by atoms with Crippen LogP contribution in [0.1, 0.15) is 20.8 Å². The van der Waals surface area contributed by atoms with Crippen molar-refractivity contribution < 1.29 is 17.9 Å². The second-order valence-electron chi connectivity index (χ2n) is 4.77. The maximum Gasteiger partial charge on any atom is 0.209 e. The third-order valence-corrected chi connectivity index (χ3v) is 3.12. The first-order valence-corrected chi connectivity index (χ1v) is 7.28. The minimum Gasteiger partial charge on any atom is -0.354 e. The Bertz CT molecular complexity index is 312. The first kappa shape index (κ1) is 16.8. The summed E-state index contributed by atoms with van der Waals surface area (Å²) in [5, 5.41) is 3.17. The maximum absolute atomic E-state index is 11.1. The third kappa shape index (κ3) is 7.67. The van der Waals surface area contributed by atoms with E-state index in [-0.39, 0.29) is 12.3 Å². The molecular formula is C10H24N2O4S. The molecule has 17 heavy (non-hydrogen) atoms. The van der Waals surface area contributed by atoms with Crippen LogP contribution in [-0.4, -0.2) is 53.3 Å². The van der Waals surface area contributed by atoms with Crippen LogP contribution in [0.25, 0.3) is 0 Å². The lowest BCUT2D eigenvalue weighted by molar-refractivity contribution is -0.119. The van der Waals surface area contributed by atoms with Gasteiger partial charge in [-0.25, -0.2) is 13.1 Å². The Kier molecular flexibility index (Phi) is 6.57. The van der Waals surface area contributed by atoms with E-state index in [0.29, 0.717) is 6.54 Å². The fraction of sp³-hybridized carbons (Fsp3) is 1.00. The van der Waals surface area contributed by atoms with Gasteiger partial charge in [-0.3, -0.25) is 0 Å².